The molecule has 0 rings (SSSR count). The number of rotatable bonds is 1. The summed E-state index contributed by atoms with van der Waals surface area (Å²) >= 11 is 0. The summed E-state index contributed by atoms with van der Waals surface area (Å²) in [6.45, 7) is 1.61. The first-order valence-electron chi connectivity index (χ1n) is 2.39. The third-order valence-electron chi connectivity index (χ3n) is 0.471. The highest BCUT2D eigenvalue weighted by molar-refractivity contribution is 5.75. The molecule has 0 aliphatic rings. The molecule has 0 saturated carbocycles. The Balaban J connectivity index is 3.54. The monoisotopic (exact) mass is 146 g/mol. The van der Waals surface area contributed by atoms with Gasteiger partial charge in [0, 0.05) is 0 Å². The van der Waals surface area contributed by atoms with Gasteiger partial charge in [-0.15, -0.1) is 0 Å². The molecule has 0 aliphatic carbocycles. The lowest BCUT2D eigenvalue weighted by atomic mass is 10.7. The van der Waals surface area contributed by atoms with Gasteiger partial charge in [0.25, 0.3) is 0 Å². The van der Waals surface area contributed by atoms with E-state index >= 15 is 0 Å². The number of hydrogen-bond acceptors (Lipinski definition) is 4. The normalized spacial score (nSPS) is 9.30. The molecule has 5 nitrogen and oxygen atoms in total. The zero-order valence-corrected chi connectivity index (χ0v) is 5.23. The summed E-state index contributed by atoms with van der Waals surface area (Å²) in [5.74, 6) is 0. The quantitative estimate of drug-likeness (QED) is 0.343. The largest absolute Gasteiger partial charge is 0.523 e. The number of allylic oxidation sites excluding steroid dienone is 1. The Hall–Kier alpha value is -1.52. The third-order valence-corrected chi connectivity index (χ3v) is 0.471. The van der Waals surface area contributed by atoms with Crippen molar-refractivity contribution in [3.05, 3.63) is 12.3 Å². The van der Waals surface area contributed by atoms with Crippen LogP contribution in [-0.4, -0.2) is 17.4 Å². The smallest absolute Gasteiger partial charge is 0.449 e. The molecule has 10 heavy (non-hydrogen) atoms. The molecule has 0 spiro atoms. The Morgan fingerprint density at radius 3 is 2.50 bits per heavy atom. The molecule has 0 unspecified atom stereocenters. The summed E-state index contributed by atoms with van der Waals surface area (Å²) in [6, 6.07) is 0. The summed E-state index contributed by atoms with van der Waals surface area (Å²) < 4.78 is 7.64. The van der Waals surface area contributed by atoms with Gasteiger partial charge in [-0.25, -0.2) is 9.59 Å². The number of hydrogen-bond donors (Lipinski definition) is 1. The van der Waals surface area contributed by atoms with E-state index in [1.807, 2.05) is 0 Å². The van der Waals surface area contributed by atoms with Crippen molar-refractivity contribution < 1.29 is 24.2 Å². The second-order valence-electron chi connectivity index (χ2n) is 1.21. The van der Waals surface area contributed by atoms with E-state index in [9.17, 15) is 9.59 Å². The fraction of sp³-hybridized carbons (Fsp3) is 0.200. The van der Waals surface area contributed by atoms with E-state index in [1.54, 1.807) is 6.92 Å². The molecule has 5 heteroatoms. The van der Waals surface area contributed by atoms with Crippen molar-refractivity contribution in [2.24, 2.45) is 0 Å². The van der Waals surface area contributed by atoms with Crippen LogP contribution in [0.5, 0.6) is 0 Å². The van der Waals surface area contributed by atoms with E-state index < -0.39 is 12.3 Å². The maximum Gasteiger partial charge on any atom is 0.523 e. The van der Waals surface area contributed by atoms with Gasteiger partial charge in [-0.05, 0) is 6.92 Å². The topological polar surface area (TPSA) is 72.8 Å². The van der Waals surface area contributed by atoms with Crippen molar-refractivity contribution >= 4 is 12.3 Å². The van der Waals surface area contributed by atoms with E-state index in [0.717, 1.165) is 6.26 Å². The minimum Gasteiger partial charge on any atom is -0.449 e. The molecule has 0 aliphatic heterocycles. The highest BCUT2D eigenvalue weighted by Crippen LogP contribution is 1.86. The molecular weight excluding hydrogens is 140 g/mol. The van der Waals surface area contributed by atoms with E-state index in [0.29, 0.717) is 0 Å². The van der Waals surface area contributed by atoms with Gasteiger partial charge in [0.15, 0.2) is 0 Å². The maximum atomic E-state index is 10.1. The van der Waals surface area contributed by atoms with Gasteiger partial charge in [-0.3, -0.25) is 0 Å². The molecule has 0 aromatic carbocycles. The first-order valence-corrected chi connectivity index (χ1v) is 2.39. The van der Waals surface area contributed by atoms with Gasteiger partial charge < -0.3 is 14.6 Å². The molecule has 0 saturated heterocycles. The summed E-state index contributed by atoms with van der Waals surface area (Å²) in [4.78, 5) is 19.8. The number of ether oxygens (including phenoxy) is 2. The molecule has 0 radical (unpaired) electrons. The third kappa shape index (κ3) is 4.63. The van der Waals surface area contributed by atoms with E-state index in [1.165, 1.54) is 6.08 Å². The van der Waals surface area contributed by atoms with Crippen molar-refractivity contribution in [2.45, 2.75) is 6.92 Å². The van der Waals surface area contributed by atoms with Crippen LogP contribution >= 0.6 is 0 Å². The standard InChI is InChI=1S/C5H6O5/c1-2-3-9-5(8)10-4(6)7/h2-3H,1H3,(H,6,7). The van der Waals surface area contributed by atoms with E-state index in [2.05, 4.69) is 9.47 Å². The summed E-state index contributed by atoms with van der Waals surface area (Å²) in [5.41, 5.74) is 0. The van der Waals surface area contributed by atoms with Crippen LogP contribution < -0.4 is 0 Å². The molecule has 1 N–H and O–H groups in total. The number of carboxylic acid groups (broad SMARTS) is 1. The Kier molecular flexibility index (Phi) is 3.70. The van der Waals surface area contributed by atoms with Crippen LogP contribution in [-0.2, 0) is 9.47 Å². The Morgan fingerprint density at radius 2 is 2.10 bits per heavy atom. The van der Waals surface area contributed by atoms with Gasteiger partial charge in [-0.2, -0.15) is 0 Å². The lowest BCUT2D eigenvalue weighted by molar-refractivity contribution is 0.0756. The van der Waals surface area contributed by atoms with Crippen LogP contribution in [0.4, 0.5) is 9.59 Å². The fourth-order valence-corrected chi connectivity index (χ4v) is 0.219. The highest BCUT2D eigenvalue weighted by atomic mass is 16.8. The molecule has 0 heterocycles. The van der Waals surface area contributed by atoms with Crippen molar-refractivity contribution in [1.82, 2.24) is 0 Å². The zero-order valence-electron chi connectivity index (χ0n) is 5.23. The zero-order chi connectivity index (χ0) is 7.98. The van der Waals surface area contributed by atoms with Crippen molar-refractivity contribution in [3.8, 4) is 0 Å². The molecule has 0 atom stereocenters. The molecule has 0 bridgehead atoms. The van der Waals surface area contributed by atoms with Crippen LogP contribution in [0.1, 0.15) is 6.92 Å². The maximum absolute atomic E-state index is 10.1. The second-order valence-corrected chi connectivity index (χ2v) is 1.21. The van der Waals surface area contributed by atoms with Crippen molar-refractivity contribution in [2.75, 3.05) is 0 Å². The Labute approximate surface area is 56.9 Å². The fourth-order valence-electron chi connectivity index (χ4n) is 0.219. The van der Waals surface area contributed by atoms with Gasteiger partial charge in [0.2, 0.25) is 0 Å². The van der Waals surface area contributed by atoms with Gasteiger partial charge in [-0.1, -0.05) is 6.08 Å². The Bertz CT molecular complexity index is 159. The number of carbonyl (C=O) groups is 2. The SMILES string of the molecule is CC=COC(=O)OC(=O)O. The summed E-state index contributed by atoms with van der Waals surface area (Å²) in [5, 5.41) is 7.84. The van der Waals surface area contributed by atoms with Crippen molar-refractivity contribution in [3.63, 3.8) is 0 Å². The Morgan fingerprint density at radius 1 is 1.50 bits per heavy atom. The van der Waals surface area contributed by atoms with Crippen LogP contribution in [0, 0.1) is 0 Å². The summed E-state index contributed by atoms with van der Waals surface area (Å²) in [6.07, 6.45) is -0.505. The highest BCUT2D eigenvalue weighted by Gasteiger charge is 2.06. The first-order chi connectivity index (χ1) is 4.66. The minimum absolute atomic E-state index is 1.02. The predicted molar refractivity (Wildman–Crippen MR) is 30.4 cm³/mol. The van der Waals surface area contributed by atoms with Crippen LogP contribution in [0.15, 0.2) is 12.3 Å². The van der Waals surface area contributed by atoms with E-state index in [-0.39, 0.29) is 0 Å². The lowest BCUT2D eigenvalue weighted by Crippen LogP contribution is -2.08. The molecule has 0 aromatic heterocycles. The predicted octanol–water partition coefficient (Wildman–Crippen LogP) is 1.35. The first kappa shape index (κ1) is 8.48. The average molecular weight is 146 g/mol. The molecular formula is C5H6O5. The van der Waals surface area contributed by atoms with Gasteiger partial charge >= 0.3 is 12.3 Å². The van der Waals surface area contributed by atoms with Crippen molar-refractivity contribution in [1.29, 1.82) is 0 Å². The summed E-state index contributed by atoms with van der Waals surface area (Å²) in [7, 11) is 0. The minimum atomic E-state index is -1.69. The molecule has 0 amide bonds. The van der Waals surface area contributed by atoms with Gasteiger partial charge in [0.05, 0.1) is 6.26 Å². The second kappa shape index (κ2) is 4.37. The average Bonchev–Trinajstić information content (AvgIpc) is 1.82. The van der Waals surface area contributed by atoms with Gasteiger partial charge in [0.1, 0.15) is 0 Å². The molecule has 56 valence electrons. The molecule has 0 aromatic rings. The van der Waals surface area contributed by atoms with E-state index in [4.69, 9.17) is 5.11 Å². The lowest BCUT2D eigenvalue weighted by Gasteiger charge is -1.93. The van der Waals surface area contributed by atoms with Crippen LogP contribution in [0.25, 0.3) is 0 Å². The van der Waals surface area contributed by atoms with Crippen LogP contribution in [0.3, 0.4) is 0 Å². The molecule has 0 fully saturated rings. The van der Waals surface area contributed by atoms with Crippen LogP contribution in [0.2, 0.25) is 0 Å². The number of carbonyl (C=O) groups excluding carboxylic acids is 1.